The second-order valence-electron chi connectivity index (χ2n) is 17.0. The maximum absolute atomic E-state index is 15.7. The van der Waals surface area contributed by atoms with Crippen molar-refractivity contribution in [2.75, 3.05) is 13.2 Å². The Morgan fingerprint density at radius 1 is 0.928 bits per heavy atom. The normalized spacial score (nSPS) is 22.6. The quantitative estimate of drug-likeness (QED) is 0.0164. The molecule has 0 aromatic heterocycles. The highest BCUT2D eigenvalue weighted by Gasteiger charge is 2.47. The van der Waals surface area contributed by atoms with Crippen molar-refractivity contribution in [3.05, 3.63) is 121 Å². The zero-order chi connectivity index (χ0) is 49.7. The van der Waals surface area contributed by atoms with Crippen molar-refractivity contribution in [1.82, 2.24) is 0 Å². The summed E-state index contributed by atoms with van der Waals surface area (Å²) in [5, 5.41) is 67.1. The average Bonchev–Trinajstić information content (AvgIpc) is 3.31. The first-order valence-corrected chi connectivity index (χ1v) is 22.3. The number of aliphatic imine (C=N–C) groups is 1. The largest absolute Gasteiger partial charge is 0.507 e. The second kappa shape index (κ2) is 21.7. The van der Waals surface area contributed by atoms with E-state index in [4.69, 9.17) is 36.1 Å². The predicted octanol–water partition coefficient (Wildman–Crippen LogP) is 1.73. The number of rotatable bonds is 12. The molecule has 1 fully saturated rings. The molecule has 362 valence electrons. The summed E-state index contributed by atoms with van der Waals surface area (Å²) in [5.41, 5.74) is 17.6. The molecule has 12 N–H and O–H groups in total. The average molecular weight is 947 g/mol. The van der Waals surface area contributed by atoms with Crippen molar-refractivity contribution in [3.8, 4) is 29.1 Å². The van der Waals surface area contributed by atoms with Gasteiger partial charge in [0.15, 0.2) is 23.8 Å². The smallest absolute Gasteiger partial charge is 0.308 e. The van der Waals surface area contributed by atoms with Gasteiger partial charge in [-0.05, 0) is 66.1 Å². The molecule has 1 saturated heterocycles. The Bertz CT molecular complexity index is 2790. The lowest BCUT2D eigenvalue weighted by Crippen LogP contribution is -2.59. The Morgan fingerprint density at radius 3 is 2.36 bits per heavy atom. The third-order valence-corrected chi connectivity index (χ3v) is 12.3. The van der Waals surface area contributed by atoms with Crippen molar-refractivity contribution in [3.63, 3.8) is 0 Å². The molecule has 2 aliphatic carbocycles. The van der Waals surface area contributed by atoms with E-state index in [2.05, 4.69) is 16.8 Å². The minimum absolute atomic E-state index is 0.0229. The van der Waals surface area contributed by atoms with E-state index in [0.717, 1.165) is 12.5 Å². The third kappa shape index (κ3) is 10.6. The van der Waals surface area contributed by atoms with Crippen molar-refractivity contribution < 1.29 is 68.8 Å². The minimum atomic E-state index is -1.65. The molecule has 0 unspecified atom stereocenters. The van der Waals surface area contributed by atoms with Gasteiger partial charge in [0.25, 0.3) is 0 Å². The van der Waals surface area contributed by atoms with Crippen LogP contribution in [0.5, 0.6) is 17.2 Å². The molecule has 7 atom stereocenters. The number of nitrogens with two attached hydrogens (primary N) is 3. The summed E-state index contributed by atoms with van der Waals surface area (Å²) in [4.78, 5) is 60.2. The summed E-state index contributed by atoms with van der Waals surface area (Å²) in [6.07, 6.45) is -4.48. The number of carbonyl (C=O) groups excluding carboxylic acids is 4. The number of ether oxygens (including phenoxy) is 4. The van der Waals surface area contributed by atoms with Crippen LogP contribution in [0.25, 0.3) is 12.2 Å². The number of guanidine groups is 1. The topological polar surface area (TPSA) is 317 Å². The highest BCUT2D eigenvalue weighted by molar-refractivity contribution is 6.32. The van der Waals surface area contributed by atoms with Gasteiger partial charge in [0.05, 0.1) is 50.2 Å². The molecule has 0 amide bonds. The monoisotopic (exact) mass is 946 g/mol. The molecule has 7 rings (SSSR count). The predicted molar refractivity (Wildman–Crippen MR) is 250 cm³/mol. The number of phenols is 1. The number of hydrogen-bond donors (Lipinski definition) is 9. The molecular weight excluding hydrogens is 893 g/mol. The lowest BCUT2D eigenvalue weighted by atomic mass is 9.75. The van der Waals surface area contributed by atoms with Gasteiger partial charge < -0.3 is 66.8 Å². The number of phenolic OH excluding ortho intramolecular Hbond substituents is 1. The summed E-state index contributed by atoms with van der Waals surface area (Å²) >= 11 is 0. The van der Waals surface area contributed by atoms with E-state index in [1.807, 2.05) is 12.1 Å². The van der Waals surface area contributed by atoms with E-state index >= 15 is 9.59 Å². The Morgan fingerprint density at radius 2 is 1.65 bits per heavy atom. The molecule has 0 saturated carbocycles. The molecular formula is C51H54N4O14. The van der Waals surface area contributed by atoms with Gasteiger partial charge in [0, 0.05) is 58.7 Å². The van der Waals surface area contributed by atoms with Crippen molar-refractivity contribution in [1.29, 1.82) is 0 Å². The van der Waals surface area contributed by atoms with Crippen LogP contribution in [-0.2, 0) is 46.7 Å². The summed E-state index contributed by atoms with van der Waals surface area (Å²) in [7, 11) is 0. The van der Waals surface area contributed by atoms with Crippen LogP contribution in [0.4, 0.5) is 0 Å². The number of carbonyl (C=O) groups is 4. The Balaban J connectivity index is 1.56. The number of aromatic hydroxyl groups is 1. The summed E-state index contributed by atoms with van der Waals surface area (Å²) < 4.78 is 24.5. The van der Waals surface area contributed by atoms with Crippen molar-refractivity contribution in [2.45, 2.75) is 102 Å². The number of hydrogen-bond acceptors (Lipinski definition) is 16. The van der Waals surface area contributed by atoms with E-state index in [0.29, 0.717) is 11.8 Å². The maximum Gasteiger partial charge on any atom is 0.308 e. The Labute approximate surface area is 397 Å². The van der Waals surface area contributed by atoms with Crippen LogP contribution in [0.2, 0.25) is 0 Å². The molecule has 0 spiro atoms. The van der Waals surface area contributed by atoms with Crippen LogP contribution in [0.3, 0.4) is 0 Å². The molecule has 3 aliphatic rings. The van der Waals surface area contributed by atoms with Crippen molar-refractivity contribution >= 4 is 41.9 Å². The number of benzene rings is 4. The van der Waals surface area contributed by atoms with Gasteiger partial charge in [-0.1, -0.05) is 60.4 Å². The van der Waals surface area contributed by atoms with Gasteiger partial charge in [0.2, 0.25) is 6.29 Å². The minimum Gasteiger partial charge on any atom is -0.507 e. The molecule has 0 radical (unpaired) electrons. The molecule has 1 aliphatic heterocycles. The van der Waals surface area contributed by atoms with E-state index in [1.165, 1.54) is 25.1 Å². The molecule has 4 bridgehead atoms. The van der Waals surface area contributed by atoms with Crippen LogP contribution in [-0.4, -0.2) is 116 Å². The summed E-state index contributed by atoms with van der Waals surface area (Å²) in [5.74, 6) is 1.96. The lowest BCUT2D eigenvalue weighted by Gasteiger charge is -2.41. The van der Waals surface area contributed by atoms with Crippen LogP contribution >= 0.6 is 0 Å². The Hall–Kier alpha value is -6.79. The van der Waals surface area contributed by atoms with Crippen LogP contribution in [0.15, 0.2) is 53.5 Å². The molecule has 18 nitrogen and oxygen atoms in total. The standard InChI is InChI=1S/C51H54N4O14/c1-25-43(61)47(65)49(66-17-16-55-51(53)54)50(67-25)69-48-35-11-5-10-32(52)13-14-33(60)19-28-7-3-6-27(18-28)12-15-34-38(68-26(2)59)21-31(23-57)39-40(34)46(64)41(35)42(45(39)63)44(62)36(48)20-29-8-4-9-30(22-56)37(29)24-58/h3-4,6-9,12,15,18,21,24-25,32-33,43,47,49-50,56-57,60-62,65H,11,13-14,16-17,19-20,22-23,52H2,1-2H3,(H4,53,54,55)/b15-12+/t25-,32-,33-,43+,47+,49+,50+/m0/s1. The summed E-state index contributed by atoms with van der Waals surface area (Å²) in [6.45, 7) is 0.984. The first-order valence-electron chi connectivity index (χ1n) is 22.3. The number of aliphatic hydroxyl groups is 5. The maximum atomic E-state index is 15.7. The van der Waals surface area contributed by atoms with Crippen LogP contribution in [0, 0.1) is 11.8 Å². The van der Waals surface area contributed by atoms with Crippen LogP contribution in [0.1, 0.15) is 113 Å². The fourth-order valence-corrected chi connectivity index (χ4v) is 8.92. The molecule has 4 aromatic rings. The van der Waals surface area contributed by atoms with Crippen LogP contribution < -0.4 is 26.7 Å². The van der Waals surface area contributed by atoms with E-state index in [-0.39, 0.29) is 106 Å². The highest BCUT2D eigenvalue weighted by Crippen LogP contribution is 2.48. The van der Waals surface area contributed by atoms with Gasteiger partial charge in [-0.2, -0.15) is 0 Å². The number of aliphatic hydroxyl groups excluding tert-OH is 5. The third-order valence-electron chi connectivity index (χ3n) is 12.3. The zero-order valence-electron chi connectivity index (χ0n) is 37.9. The SMILES string of the molecule is CC(=O)Oc1cc(CO)c2c3c1/C=C/c1cccc(c1)C[C@@H](O)CC[C@@H](N)C#CCc1c(O[C@H]4O[C@@H](C)[C@@H](O)[C@@H](O)[C@H]4OCCN=C(N)N)c(Cc4cccc(CO)c4C=O)c(O)c(c1C3=O)C2=O. The molecule has 18 heteroatoms. The van der Waals surface area contributed by atoms with Gasteiger partial charge >= 0.3 is 5.97 Å². The number of esters is 1. The zero-order valence-corrected chi connectivity index (χ0v) is 37.9. The number of nitrogens with zero attached hydrogens (tertiary/aromatic N) is 1. The lowest BCUT2D eigenvalue weighted by molar-refractivity contribution is -0.278. The van der Waals surface area contributed by atoms with Gasteiger partial charge in [-0.3, -0.25) is 24.2 Å². The second-order valence-corrected chi connectivity index (χ2v) is 17.0. The highest BCUT2D eigenvalue weighted by atomic mass is 16.7. The fraction of sp³-hybridized carbons (Fsp3) is 0.353. The molecule has 69 heavy (non-hydrogen) atoms. The van der Waals surface area contributed by atoms with Gasteiger partial charge in [0.1, 0.15) is 35.6 Å². The summed E-state index contributed by atoms with van der Waals surface area (Å²) in [6, 6.07) is 12.3. The number of ketones is 2. The van der Waals surface area contributed by atoms with Gasteiger partial charge in [-0.15, -0.1) is 0 Å². The Kier molecular flexibility index (Phi) is 15.7. The van der Waals surface area contributed by atoms with E-state index < -0.39 is 96.9 Å². The molecule has 4 aromatic carbocycles. The first-order chi connectivity index (χ1) is 33.1. The number of aldehydes is 1. The van der Waals surface area contributed by atoms with Crippen molar-refractivity contribution in [2.24, 2.45) is 22.2 Å². The first kappa shape index (κ1) is 50.1. The molecule has 1 heterocycles. The number of fused-ring (bicyclic) bond motifs is 2. The fourth-order valence-electron chi connectivity index (χ4n) is 8.92. The van der Waals surface area contributed by atoms with Gasteiger partial charge in [-0.25, -0.2) is 0 Å². The van der Waals surface area contributed by atoms with E-state index in [9.17, 15) is 40.2 Å². The van der Waals surface area contributed by atoms with E-state index in [1.54, 1.807) is 30.3 Å².